The van der Waals surface area contributed by atoms with Crippen LogP contribution >= 0.6 is 0 Å². The molecule has 22 heavy (non-hydrogen) atoms. The summed E-state index contributed by atoms with van der Waals surface area (Å²) in [5, 5.41) is 9.34. The van der Waals surface area contributed by atoms with E-state index in [-0.39, 0.29) is 6.61 Å². The van der Waals surface area contributed by atoms with Crippen molar-refractivity contribution >= 4 is 11.9 Å². The van der Waals surface area contributed by atoms with Gasteiger partial charge >= 0.3 is 11.9 Å². The fourth-order valence-electron chi connectivity index (χ4n) is 2.71. The van der Waals surface area contributed by atoms with Crippen molar-refractivity contribution in [3.05, 3.63) is 0 Å². The van der Waals surface area contributed by atoms with E-state index in [9.17, 15) is 14.7 Å². The molecule has 0 rings (SSSR count). The maximum atomic E-state index is 11.9. The van der Waals surface area contributed by atoms with E-state index in [0.717, 1.165) is 25.7 Å². The van der Waals surface area contributed by atoms with E-state index in [0.29, 0.717) is 5.41 Å². The highest BCUT2D eigenvalue weighted by molar-refractivity contribution is 5.94. The Morgan fingerprint density at radius 2 is 1.45 bits per heavy atom. The smallest absolute Gasteiger partial charge is 0.320 e. The summed E-state index contributed by atoms with van der Waals surface area (Å²) in [4.78, 5) is 23.3. The summed E-state index contributed by atoms with van der Waals surface area (Å²) >= 11 is 0. The minimum absolute atomic E-state index is 0.214. The number of carbonyl (C=O) groups is 2. The first-order valence-corrected chi connectivity index (χ1v) is 8.40. The van der Waals surface area contributed by atoms with Crippen molar-refractivity contribution in [2.24, 2.45) is 16.7 Å². The van der Waals surface area contributed by atoms with Crippen molar-refractivity contribution in [2.75, 3.05) is 6.61 Å². The Balaban J connectivity index is 4.30. The Morgan fingerprint density at radius 1 is 0.955 bits per heavy atom. The quantitative estimate of drug-likeness (QED) is 0.362. The number of carbonyl (C=O) groups excluding carboxylic acids is 1. The lowest BCUT2D eigenvalue weighted by molar-refractivity contribution is -0.164. The van der Waals surface area contributed by atoms with Gasteiger partial charge in [-0.2, -0.15) is 0 Å². The summed E-state index contributed by atoms with van der Waals surface area (Å²) in [5.74, 6) is -2.79. The van der Waals surface area contributed by atoms with Crippen LogP contribution in [0.5, 0.6) is 0 Å². The third kappa shape index (κ3) is 8.40. The molecule has 0 spiro atoms. The first-order valence-electron chi connectivity index (χ1n) is 8.40. The maximum Gasteiger partial charge on any atom is 0.320 e. The molecular formula is C18H34O4. The monoisotopic (exact) mass is 314 g/mol. The zero-order valence-corrected chi connectivity index (χ0v) is 15.2. The van der Waals surface area contributed by atoms with E-state index in [1.54, 1.807) is 6.92 Å². The molecule has 0 aromatic carbocycles. The van der Waals surface area contributed by atoms with Crippen molar-refractivity contribution < 1.29 is 19.4 Å². The molecule has 0 amide bonds. The molecule has 1 atom stereocenters. The van der Waals surface area contributed by atoms with Gasteiger partial charge in [0.25, 0.3) is 0 Å². The van der Waals surface area contributed by atoms with Crippen LogP contribution in [0.15, 0.2) is 0 Å². The summed E-state index contributed by atoms with van der Waals surface area (Å²) < 4.78 is 4.91. The predicted octanol–water partition coefficient (Wildman–Crippen LogP) is 4.66. The molecule has 1 N–H and O–H groups in total. The molecule has 0 fully saturated rings. The first kappa shape index (κ1) is 20.9. The molecule has 0 radical (unpaired) electrons. The second kappa shape index (κ2) is 9.16. The highest BCUT2D eigenvalue weighted by atomic mass is 16.5. The van der Waals surface area contributed by atoms with Crippen LogP contribution in [0.1, 0.15) is 80.1 Å². The van der Waals surface area contributed by atoms with Gasteiger partial charge in [0.2, 0.25) is 0 Å². The van der Waals surface area contributed by atoms with Gasteiger partial charge in [-0.05, 0) is 30.6 Å². The largest absolute Gasteiger partial charge is 0.481 e. The second-order valence-corrected chi connectivity index (χ2v) is 7.99. The number of hydrogen-bond acceptors (Lipinski definition) is 3. The molecule has 0 aromatic heterocycles. The zero-order chi connectivity index (χ0) is 17.4. The van der Waals surface area contributed by atoms with Gasteiger partial charge in [0, 0.05) is 0 Å². The van der Waals surface area contributed by atoms with Crippen molar-refractivity contribution in [3.63, 3.8) is 0 Å². The highest BCUT2D eigenvalue weighted by Gasteiger charge is 2.41. The van der Waals surface area contributed by atoms with Gasteiger partial charge in [0.1, 0.15) is 0 Å². The molecule has 0 aromatic rings. The van der Waals surface area contributed by atoms with Gasteiger partial charge in [-0.1, -0.05) is 60.3 Å². The van der Waals surface area contributed by atoms with Crippen LogP contribution in [0.25, 0.3) is 0 Å². The van der Waals surface area contributed by atoms with Crippen molar-refractivity contribution in [3.8, 4) is 0 Å². The van der Waals surface area contributed by atoms with Gasteiger partial charge in [-0.3, -0.25) is 9.59 Å². The van der Waals surface area contributed by atoms with Crippen LogP contribution in [-0.2, 0) is 14.3 Å². The maximum absolute atomic E-state index is 11.9. The Labute approximate surface area is 135 Å². The molecule has 0 aliphatic rings. The van der Waals surface area contributed by atoms with E-state index in [1.807, 2.05) is 13.8 Å². The van der Waals surface area contributed by atoms with E-state index in [4.69, 9.17) is 4.74 Å². The minimum Gasteiger partial charge on any atom is -0.481 e. The van der Waals surface area contributed by atoms with Crippen LogP contribution in [0.3, 0.4) is 0 Å². The lowest BCUT2D eigenvalue weighted by Crippen LogP contribution is -2.38. The number of unbranched alkanes of at least 4 members (excludes halogenated alkanes) is 3. The average molecular weight is 314 g/mol. The lowest BCUT2D eigenvalue weighted by atomic mass is 9.75. The number of carboxylic acids is 1. The van der Waals surface area contributed by atoms with Crippen LogP contribution in [-0.4, -0.2) is 23.7 Å². The van der Waals surface area contributed by atoms with Crippen LogP contribution in [0, 0.1) is 16.7 Å². The molecule has 0 saturated carbocycles. The summed E-state index contributed by atoms with van der Waals surface area (Å²) in [6.45, 7) is 12.3. The van der Waals surface area contributed by atoms with E-state index in [2.05, 4.69) is 20.8 Å². The third-order valence-electron chi connectivity index (χ3n) is 4.05. The predicted molar refractivity (Wildman–Crippen MR) is 88.7 cm³/mol. The number of carboxylic acid groups (broad SMARTS) is 1. The van der Waals surface area contributed by atoms with Crippen molar-refractivity contribution in [1.29, 1.82) is 0 Å². The summed E-state index contributed by atoms with van der Waals surface area (Å²) in [7, 11) is 0. The number of aliphatic carboxylic acids is 1. The topological polar surface area (TPSA) is 63.6 Å². The highest BCUT2D eigenvalue weighted by Crippen LogP contribution is 2.34. The summed E-state index contributed by atoms with van der Waals surface area (Å²) in [5.41, 5.74) is -0.209. The second-order valence-electron chi connectivity index (χ2n) is 7.99. The Hall–Kier alpha value is -1.06. The molecule has 4 heteroatoms. The standard InChI is InChI=1S/C18H34O4/c1-7-22-16(21)14(15(19)20)18(5,6)13-11-9-8-10-12-17(2,3)4/h14H,7-13H2,1-6H3,(H,19,20). The number of esters is 1. The molecule has 4 nitrogen and oxygen atoms in total. The number of hydrogen-bond donors (Lipinski definition) is 1. The Kier molecular flexibility index (Phi) is 8.72. The average Bonchev–Trinajstić information content (AvgIpc) is 2.31. The Morgan fingerprint density at radius 3 is 1.86 bits per heavy atom. The van der Waals surface area contributed by atoms with Gasteiger partial charge in [0.05, 0.1) is 6.61 Å². The first-order chi connectivity index (χ1) is 10.0. The number of rotatable bonds is 10. The molecule has 0 saturated heterocycles. The van der Waals surface area contributed by atoms with E-state index >= 15 is 0 Å². The molecule has 1 unspecified atom stereocenters. The zero-order valence-electron chi connectivity index (χ0n) is 15.2. The third-order valence-corrected chi connectivity index (χ3v) is 4.05. The molecule has 130 valence electrons. The van der Waals surface area contributed by atoms with Gasteiger partial charge in [-0.25, -0.2) is 0 Å². The van der Waals surface area contributed by atoms with Crippen LogP contribution < -0.4 is 0 Å². The van der Waals surface area contributed by atoms with Gasteiger partial charge in [0.15, 0.2) is 5.92 Å². The van der Waals surface area contributed by atoms with Gasteiger partial charge < -0.3 is 9.84 Å². The van der Waals surface area contributed by atoms with Gasteiger partial charge in [-0.15, -0.1) is 0 Å². The minimum atomic E-state index is -1.09. The lowest BCUT2D eigenvalue weighted by Gasteiger charge is -2.29. The normalized spacial score (nSPS) is 13.7. The SMILES string of the molecule is CCOC(=O)C(C(=O)O)C(C)(C)CCCCCCC(C)(C)C. The van der Waals surface area contributed by atoms with E-state index in [1.165, 1.54) is 12.8 Å². The number of ether oxygens (including phenoxy) is 1. The van der Waals surface area contributed by atoms with Crippen LogP contribution in [0.2, 0.25) is 0 Å². The Bertz CT molecular complexity index is 353. The van der Waals surface area contributed by atoms with E-state index < -0.39 is 23.3 Å². The molecule has 0 bridgehead atoms. The van der Waals surface area contributed by atoms with Crippen molar-refractivity contribution in [1.82, 2.24) is 0 Å². The van der Waals surface area contributed by atoms with Crippen molar-refractivity contribution in [2.45, 2.75) is 80.1 Å². The molecular weight excluding hydrogens is 280 g/mol. The fourth-order valence-corrected chi connectivity index (χ4v) is 2.71. The summed E-state index contributed by atoms with van der Waals surface area (Å²) in [6, 6.07) is 0. The summed E-state index contributed by atoms with van der Waals surface area (Å²) in [6.07, 6.45) is 6.30. The molecule has 0 heterocycles. The van der Waals surface area contributed by atoms with Crippen LogP contribution in [0.4, 0.5) is 0 Å². The molecule has 0 aliphatic carbocycles. The molecule has 0 aliphatic heterocycles. The fraction of sp³-hybridized carbons (Fsp3) is 0.889.